The van der Waals surface area contributed by atoms with Gasteiger partial charge in [0.1, 0.15) is 5.75 Å². The van der Waals surface area contributed by atoms with Gasteiger partial charge in [-0.05, 0) is 30.3 Å². The van der Waals surface area contributed by atoms with Gasteiger partial charge in [-0.2, -0.15) is 0 Å². The zero-order valence-corrected chi connectivity index (χ0v) is 12.8. The van der Waals surface area contributed by atoms with Crippen LogP contribution in [0.2, 0.25) is 10.0 Å². The standard InChI is InChI=1S/C15H14Cl2N2O2/c1-21-14-4-2-3-12(8-14)18-9-15(20)19-13-6-10(16)5-11(17)7-13/h2-8,18H,9H2,1H3,(H,19,20). The first-order valence-corrected chi connectivity index (χ1v) is 6.96. The zero-order valence-electron chi connectivity index (χ0n) is 11.3. The van der Waals surface area contributed by atoms with Crippen molar-refractivity contribution in [3.63, 3.8) is 0 Å². The number of rotatable bonds is 5. The summed E-state index contributed by atoms with van der Waals surface area (Å²) in [5.74, 6) is 0.526. The topological polar surface area (TPSA) is 50.4 Å². The summed E-state index contributed by atoms with van der Waals surface area (Å²) in [4.78, 5) is 11.9. The second-order valence-corrected chi connectivity index (χ2v) is 5.16. The third kappa shape index (κ3) is 4.85. The maximum Gasteiger partial charge on any atom is 0.243 e. The Balaban J connectivity index is 1.92. The quantitative estimate of drug-likeness (QED) is 0.872. The number of amides is 1. The minimum absolute atomic E-state index is 0.122. The number of hydrogen-bond acceptors (Lipinski definition) is 3. The van der Waals surface area contributed by atoms with Crippen molar-refractivity contribution in [2.24, 2.45) is 0 Å². The normalized spacial score (nSPS) is 10.0. The lowest BCUT2D eigenvalue weighted by molar-refractivity contribution is -0.114. The van der Waals surface area contributed by atoms with Gasteiger partial charge in [0, 0.05) is 27.5 Å². The van der Waals surface area contributed by atoms with E-state index in [2.05, 4.69) is 10.6 Å². The van der Waals surface area contributed by atoms with E-state index >= 15 is 0 Å². The molecule has 4 nitrogen and oxygen atoms in total. The summed E-state index contributed by atoms with van der Waals surface area (Å²) in [6.45, 7) is 0.122. The van der Waals surface area contributed by atoms with Crippen LogP contribution in [0.1, 0.15) is 0 Å². The van der Waals surface area contributed by atoms with E-state index < -0.39 is 0 Å². The number of halogens is 2. The van der Waals surface area contributed by atoms with E-state index in [1.807, 2.05) is 24.3 Å². The van der Waals surface area contributed by atoms with Crippen LogP contribution in [-0.2, 0) is 4.79 Å². The number of hydrogen-bond donors (Lipinski definition) is 2. The lowest BCUT2D eigenvalue weighted by Crippen LogP contribution is -2.21. The van der Waals surface area contributed by atoms with Gasteiger partial charge in [0.05, 0.1) is 13.7 Å². The summed E-state index contributed by atoms with van der Waals surface area (Å²) in [7, 11) is 1.59. The van der Waals surface area contributed by atoms with Gasteiger partial charge in [0.15, 0.2) is 0 Å². The van der Waals surface area contributed by atoms with Crippen molar-refractivity contribution in [2.45, 2.75) is 0 Å². The Morgan fingerprint density at radius 3 is 2.48 bits per heavy atom. The fraction of sp³-hybridized carbons (Fsp3) is 0.133. The molecule has 0 unspecified atom stereocenters. The first kappa shape index (κ1) is 15.5. The number of anilines is 2. The Kier molecular flexibility index (Phi) is 5.31. The molecule has 2 rings (SSSR count). The highest BCUT2D eigenvalue weighted by molar-refractivity contribution is 6.35. The van der Waals surface area contributed by atoms with Gasteiger partial charge in [0.2, 0.25) is 5.91 Å². The largest absolute Gasteiger partial charge is 0.497 e. The molecule has 0 fully saturated rings. The van der Waals surface area contributed by atoms with Crippen LogP contribution in [0.25, 0.3) is 0 Å². The summed E-state index contributed by atoms with van der Waals surface area (Å²) in [5, 5.41) is 6.67. The summed E-state index contributed by atoms with van der Waals surface area (Å²) in [6.07, 6.45) is 0. The molecule has 2 aromatic rings. The molecule has 0 aromatic heterocycles. The van der Waals surface area contributed by atoms with Crippen LogP contribution in [-0.4, -0.2) is 19.6 Å². The molecule has 0 radical (unpaired) electrons. The Bertz CT molecular complexity index is 627. The highest BCUT2D eigenvalue weighted by Crippen LogP contribution is 2.22. The second kappa shape index (κ2) is 7.20. The highest BCUT2D eigenvalue weighted by atomic mass is 35.5. The van der Waals surface area contributed by atoms with E-state index in [1.165, 1.54) is 0 Å². The molecule has 21 heavy (non-hydrogen) atoms. The van der Waals surface area contributed by atoms with Crippen molar-refractivity contribution in [1.29, 1.82) is 0 Å². The average Bonchev–Trinajstić information content (AvgIpc) is 2.44. The molecular formula is C15H14Cl2N2O2. The van der Waals surface area contributed by atoms with Crippen LogP contribution < -0.4 is 15.4 Å². The molecule has 0 saturated heterocycles. The lowest BCUT2D eigenvalue weighted by Gasteiger charge is -2.09. The molecule has 2 N–H and O–H groups in total. The third-order valence-corrected chi connectivity index (χ3v) is 3.11. The van der Waals surface area contributed by atoms with E-state index in [0.717, 1.165) is 11.4 Å². The van der Waals surface area contributed by atoms with Gasteiger partial charge in [-0.15, -0.1) is 0 Å². The van der Waals surface area contributed by atoms with Crippen molar-refractivity contribution in [2.75, 3.05) is 24.3 Å². The Morgan fingerprint density at radius 2 is 1.81 bits per heavy atom. The molecule has 0 saturated carbocycles. The summed E-state index contributed by atoms with van der Waals surface area (Å²) < 4.78 is 5.11. The SMILES string of the molecule is COc1cccc(NCC(=O)Nc2cc(Cl)cc(Cl)c2)c1. The van der Waals surface area contributed by atoms with Crippen molar-refractivity contribution in [3.05, 3.63) is 52.5 Å². The molecule has 0 aliphatic carbocycles. The highest BCUT2D eigenvalue weighted by Gasteiger charge is 2.04. The molecule has 6 heteroatoms. The van der Waals surface area contributed by atoms with E-state index in [-0.39, 0.29) is 12.5 Å². The van der Waals surface area contributed by atoms with Gasteiger partial charge >= 0.3 is 0 Å². The van der Waals surface area contributed by atoms with Crippen LogP contribution in [0.15, 0.2) is 42.5 Å². The smallest absolute Gasteiger partial charge is 0.243 e. The Hall–Kier alpha value is -1.91. The summed E-state index contributed by atoms with van der Waals surface area (Å²) in [6, 6.07) is 12.2. The number of benzene rings is 2. The third-order valence-electron chi connectivity index (χ3n) is 2.67. The molecule has 0 spiro atoms. The maximum atomic E-state index is 11.9. The van der Waals surface area contributed by atoms with Gasteiger partial charge in [0.25, 0.3) is 0 Å². The van der Waals surface area contributed by atoms with Gasteiger partial charge in [-0.25, -0.2) is 0 Å². The van der Waals surface area contributed by atoms with Crippen LogP contribution in [0.4, 0.5) is 11.4 Å². The van der Waals surface area contributed by atoms with Gasteiger partial charge < -0.3 is 15.4 Å². The van der Waals surface area contributed by atoms with Crippen molar-refractivity contribution < 1.29 is 9.53 Å². The summed E-state index contributed by atoms with van der Waals surface area (Å²) >= 11 is 11.7. The number of nitrogens with one attached hydrogen (secondary N) is 2. The average molecular weight is 325 g/mol. The Labute approximate surface area is 133 Å². The van der Waals surface area contributed by atoms with Crippen LogP contribution in [0.3, 0.4) is 0 Å². The molecule has 0 atom stereocenters. The first-order valence-electron chi connectivity index (χ1n) is 6.20. The zero-order chi connectivity index (χ0) is 15.2. The predicted molar refractivity (Wildman–Crippen MR) is 86.6 cm³/mol. The Morgan fingerprint density at radius 1 is 1.10 bits per heavy atom. The molecule has 110 valence electrons. The second-order valence-electron chi connectivity index (χ2n) is 4.29. The molecule has 0 heterocycles. The lowest BCUT2D eigenvalue weighted by atomic mass is 10.3. The van der Waals surface area contributed by atoms with E-state index in [9.17, 15) is 4.79 Å². The number of ether oxygens (including phenoxy) is 1. The van der Waals surface area contributed by atoms with Crippen LogP contribution in [0, 0.1) is 0 Å². The molecular weight excluding hydrogens is 311 g/mol. The van der Waals surface area contributed by atoms with Crippen LogP contribution in [0.5, 0.6) is 5.75 Å². The number of carbonyl (C=O) groups excluding carboxylic acids is 1. The van der Waals surface area contributed by atoms with Crippen LogP contribution >= 0.6 is 23.2 Å². The van der Waals surface area contributed by atoms with Gasteiger partial charge in [-0.3, -0.25) is 4.79 Å². The van der Waals surface area contributed by atoms with E-state index in [1.54, 1.807) is 25.3 Å². The van der Waals surface area contributed by atoms with E-state index in [4.69, 9.17) is 27.9 Å². The number of methoxy groups -OCH3 is 1. The minimum Gasteiger partial charge on any atom is -0.497 e. The number of carbonyl (C=O) groups is 1. The van der Waals surface area contributed by atoms with Crippen molar-refractivity contribution >= 4 is 40.5 Å². The minimum atomic E-state index is -0.198. The molecule has 0 aliphatic rings. The van der Waals surface area contributed by atoms with Gasteiger partial charge in [-0.1, -0.05) is 29.3 Å². The predicted octanol–water partition coefficient (Wildman–Crippen LogP) is 4.05. The monoisotopic (exact) mass is 324 g/mol. The molecule has 1 amide bonds. The molecule has 0 aliphatic heterocycles. The van der Waals surface area contributed by atoms with Crippen molar-refractivity contribution in [3.8, 4) is 5.75 Å². The first-order chi connectivity index (χ1) is 10.1. The fourth-order valence-corrected chi connectivity index (χ4v) is 2.27. The summed E-state index contributed by atoms with van der Waals surface area (Å²) in [5.41, 5.74) is 1.36. The maximum absolute atomic E-state index is 11.9. The fourth-order valence-electron chi connectivity index (χ4n) is 1.75. The molecule has 0 bridgehead atoms. The van der Waals surface area contributed by atoms with E-state index in [0.29, 0.717) is 15.7 Å². The molecule has 2 aromatic carbocycles. The van der Waals surface area contributed by atoms with Crippen molar-refractivity contribution in [1.82, 2.24) is 0 Å².